The Balaban J connectivity index is 1.99. The summed E-state index contributed by atoms with van der Waals surface area (Å²) in [4.78, 5) is 16.3. The summed E-state index contributed by atoms with van der Waals surface area (Å²) in [5, 5.41) is 9.99. The van der Waals surface area contributed by atoms with Gasteiger partial charge in [0.1, 0.15) is 12.4 Å². The van der Waals surface area contributed by atoms with Crippen LogP contribution in [0.3, 0.4) is 0 Å². The van der Waals surface area contributed by atoms with Crippen molar-refractivity contribution in [1.82, 2.24) is 4.98 Å². The predicted molar refractivity (Wildman–Crippen MR) is 103 cm³/mol. The zero-order valence-electron chi connectivity index (χ0n) is 15.3. The standard InChI is InChI=1S/C22H20N2O3/c1-3-26-22(25)15(2)14-27-20-11-10-19-18(5-4-12-24-19)21(20)17-8-6-16(13-23)7-9-17/h4-12,15H,3,14H2,1-2H3. The third-order valence-corrected chi connectivity index (χ3v) is 4.23. The van der Waals surface area contributed by atoms with Crippen LogP contribution in [-0.2, 0) is 9.53 Å². The summed E-state index contributed by atoms with van der Waals surface area (Å²) >= 11 is 0. The molecule has 5 nitrogen and oxygen atoms in total. The highest BCUT2D eigenvalue weighted by Crippen LogP contribution is 2.36. The van der Waals surface area contributed by atoms with Crippen molar-refractivity contribution in [2.75, 3.05) is 13.2 Å². The van der Waals surface area contributed by atoms with Crippen LogP contribution >= 0.6 is 0 Å². The molecule has 0 bridgehead atoms. The Hall–Kier alpha value is -3.39. The van der Waals surface area contributed by atoms with Crippen molar-refractivity contribution in [3.63, 3.8) is 0 Å². The number of hydrogen-bond donors (Lipinski definition) is 0. The first kappa shape index (κ1) is 18.4. The van der Waals surface area contributed by atoms with Gasteiger partial charge < -0.3 is 9.47 Å². The van der Waals surface area contributed by atoms with Crippen LogP contribution in [0.1, 0.15) is 19.4 Å². The molecule has 2 aromatic carbocycles. The van der Waals surface area contributed by atoms with Crippen LogP contribution < -0.4 is 4.74 Å². The number of aromatic nitrogens is 1. The fourth-order valence-corrected chi connectivity index (χ4v) is 2.83. The van der Waals surface area contributed by atoms with Crippen LogP contribution in [0.15, 0.2) is 54.7 Å². The highest BCUT2D eigenvalue weighted by atomic mass is 16.5. The van der Waals surface area contributed by atoms with Crippen LogP contribution in [0.5, 0.6) is 5.75 Å². The average molecular weight is 360 g/mol. The molecule has 0 aliphatic rings. The number of ether oxygens (including phenoxy) is 2. The first-order valence-electron chi connectivity index (χ1n) is 8.81. The van der Waals surface area contributed by atoms with Crippen molar-refractivity contribution >= 4 is 16.9 Å². The van der Waals surface area contributed by atoms with Crippen molar-refractivity contribution in [1.29, 1.82) is 5.26 Å². The topological polar surface area (TPSA) is 72.2 Å². The van der Waals surface area contributed by atoms with E-state index < -0.39 is 0 Å². The molecule has 1 atom stereocenters. The Bertz CT molecular complexity index is 991. The molecule has 1 aromatic heterocycles. The maximum absolute atomic E-state index is 11.9. The van der Waals surface area contributed by atoms with Crippen LogP contribution in [0.2, 0.25) is 0 Å². The summed E-state index contributed by atoms with van der Waals surface area (Å²) in [6.45, 7) is 4.13. The minimum atomic E-state index is -0.372. The molecule has 136 valence electrons. The van der Waals surface area contributed by atoms with Gasteiger partial charge in [-0.25, -0.2) is 0 Å². The molecular weight excluding hydrogens is 340 g/mol. The van der Waals surface area contributed by atoms with E-state index in [-0.39, 0.29) is 18.5 Å². The van der Waals surface area contributed by atoms with Gasteiger partial charge in [-0.05, 0) is 49.7 Å². The SMILES string of the molecule is CCOC(=O)C(C)COc1ccc2ncccc2c1-c1ccc(C#N)cc1. The van der Waals surface area contributed by atoms with E-state index in [1.54, 1.807) is 32.2 Å². The average Bonchev–Trinajstić information content (AvgIpc) is 2.71. The lowest BCUT2D eigenvalue weighted by Crippen LogP contribution is -2.21. The van der Waals surface area contributed by atoms with Gasteiger partial charge in [0.25, 0.3) is 0 Å². The summed E-state index contributed by atoms with van der Waals surface area (Å²) in [6, 6.07) is 17.1. The van der Waals surface area contributed by atoms with E-state index in [1.165, 1.54) is 0 Å². The molecule has 0 saturated carbocycles. The van der Waals surface area contributed by atoms with Gasteiger partial charge in [-0.3, -0.25) is 9.78 Å². The molecule has 0 aliphatic carbocycles. The summed E-state index contributed by atoms with van der Waals surface area (Å²) in [6.07, 6.45) is 1.74. The number of nitrogens with zero attached hydrogens (tertiary/aromatic N) is 2. The Labute approximate surface area is 158 Å². The Kier molecular flexibility index (Phi) is 5.68. The first-order valence-corrected chi connectivity index (χ1v) is 8.81. The monoisotopic (exact) mass is 360 g/mol. The van der Waals surface area contributed by atoms with E-state index in [4.69, 9.17) is 14.7 Å². The number of fused-ring (bicyclic) bond motifs is 1. The molecule has 3 aromatic rings. The maximum Gasteiger partial charge on any atom is 0.312 e. The fourth-order valence-electron chi connectivity index (χ4n) is 2.83. The number of esters is 1. The normalized spacial score (nSPS) is 11.6. The quantitative estimate of drug-likeness (QED) is 0.611. The largest absolute Gasteiger partial charge is 0.492 e. The van der Waals surface area contributed by atoms with Crippen LogP contribution in [0, 0.1) is 17.2 Å². The smallest absolute Gasteiger partial charge is 0.312 e. The Morgan fingerprint density at radius 3 is 2.67 bits per heavy atom. The summed E-state index contributed by atoms with van der Waals surface area (Å²) in [5.41, 5.74) is 3.26. The van der Waals surface area contributed by atoms with Gasteiger partial charge >= 0.3 is 5.97 Å². The second-order valence-electron chi connectivity index (χ2n) is 6.16. The lowest BCUT2D eigenvalue weighted by atomic mass is 9.98. The molecule has 0 spiro atoms. The van der Waals surface area contributed by atoms with Crippen molar-refractivity contribution in [3.05, 3.63) is 60.3 Å². The minimum Gasteiger partial charge on any atom is -0.492 e. The minimum absolute atomic E-state index is 0.216. The van der Waals surface area contributed by atoms with Crippen LogP contribution in [0.25, 0.3) is 22.0 Å². The van der Waals surface area contributed by atoms with Crippen molar-refractivity contribution in [2.24, 2.45) is 5.92 Å². The molecule has 5 heteroatoms. The molecule has 0 N–H and O–H groups in total. The Morgan fingerprint density at radius 1 is 1.19 bits per heavy atom. The van der Waals surface area contributed by atoms with Gasteiger partial charge in [-0.1, -0.05) is 18.2 Å². The number of carbonyl (C=O) groups excluding carboxylic acids is 1. The van der Waals surface area contributed by atoms with Gasteiger partial charge in [0.15, 0.2) is 0 Å². The lowest BCUT2D eigenvalue weighted by Gasteiger charge is -2.16. The van der Waals surface area contributed by atoms with Gasteiger partial charge in [-0.15, -0.1) is 0 Å². The van der Waals surface area contributed by atoms with E-state index in [0.717, 1.165) is 22.0 Å². The van der Waals surface area contributed by atoms with Gasteiger partial charge in [-0.2, -0.15) is 5.26 Å². The number of rotatable bonds is 6. The summed E-state index contributed by atoms with van der Waals surface area (Å²) in [7, 11) is 0. The van der Waals surface area contributed by atoms with E-state index in [9.17, 15) is 4.79 Å². The zero-order valence-corrected chi connectivity index (χ0v) is 15.3. The molecular formula is C22H20N2O3. The molecule has 0 fully saturated rings. The maximum atomic E-state index is 11.9. The number of hydrogen-bond acceptors (Lipinski definition) is 5. The highest BCUT2D eigenvalue weighted by Gasteiger charge is 2.17. The summed E-state index contributed by atoms with van der Waals surface area (Å²) in [5.74, 6) is 0.0135. The second kappa shape index (κ2) is 8.33. The second-order valence-corrected chi connectivity index (χ2v) is 6.16. The third-order valence-electron chi connectivity index (χ3n) is 4.23. The number of benzene rings is 2. The first-order chi connectivity index (χ1) is 13.1. The van der Waals surface area contributed by atoms with Crippen molar-refractivity contribution in [2.45, 2.75) is 13.8 Å². The van der Waals surface area contributed by atoms with Crippen molar-refractivity contribution < 1.29 is 14.3 Å². The molecule has 27 heavy (non-hydrogen) atoms. The van der Waals surface area contributed by atoms with Gasteiger partial charge in [0.2, 0.25) is 0 Å². The highest BCUT2D eigenvalue weighted by molar-refractivity contribution is 5.98. The van der Waals surface area contributed by atoms with E-state index in [1.807, 2.05) is 36.4 Å². The van der Waals surface area contributed by atoms with E-state index in [0.29, 0.717) is 17.9 Å². The molecule has 1 heterocycles. The predicted octanol–water partition coefficient (Wildman–Crippen LogP) is 4.35. The molecule has 3 rings (SSSR count). The zero-order chi connectivity index (χ0) is 19.2. The number of carbonyl (C=O) groups is 1. The number of nitriles is 1. The third kappa shape index (κ3) is 4.06. The summed E-state index contributed by atoms with van der Waals surface area (Å²) < 4.78 is 11.0. The molecule has 0 aliphatic heterocycles. The number of pyridine rings is 1. The van der Waals surface area contributed by atoms with Crippen molar-refractivity contribution in [3.8, 4) is 22.9 Å². The van der Waals surface area contributed by atoms with E-state index in [2.05, 4.69) is 11.1 Å². The van der Waals surface area contributed by atoms with Crippen LogP contribution in [-0.4, -0.2) is 24.2 Å². The van der Waals surface area contributed by atoms with Gasteiger partial charge in [0, 0.05) is 17.1 Å². The lowest BCUT2D eigenvalue weighted by molar-refractivity contribution is -0.148. The van der Waals surface area contributed by atoms with E-state index >= 15 is 0 Å². The van der Waals surface area contributed by atoms with Gasteiger partial charge in [0.05, 0.1) is 29.7 Å². The molecule has 1 unspecified atom stereocenters. The molecule has 0 amide bonds. The van der Waals surface area contributed by atoms with Crippen LogP contribution in [0.4, 0.5) is 0 Å². The fraction of sp³-hybridized carbons (Fsp3) is 0.227. The Morgan fingerprint density at radius 2 is 1.96 bits per heavy atom. The molecule has 0 saturated heterocycles. The molecule has 0 radical (unpaired) electrons.